The number of imide groups is 1. The maximum Gasteiger partial charge on any atom is 0.416 e. The van der Waals surface area contributed by atoms with Crippen LogP contribution in [0.5, 0.6) is 5.75 Å². The van der Waals surface area contributed by atoms with Crippen molar-refractivity contribution in [3.8, 4) is 5.75 Å². The Hall–Kier alpha value is -2.26. The third-order valence-electron chi connectivity index (χ3n) is 3.55. The molecule has 1 heterocycles. The molecule has 2 amide bonds. The van der Waals surface area contributed by atoms with Crippen LogP contribution in [0.1, 0.15) is 16.7 Å². The summed E-state index contributed by atoms with van der Waals surface area (Å²) in [5.41, 5.74) is 0.123. The minimum Gasteiger partial charge on any atom is -0.488 e. The summed E-state index contributed by atoms with van der Waals surface area (Å²) in [7, 11) is 0. The van der Waals surface area contributed by atoms with E-state index in [4.69, 9.17) is 4.74 Å². The molecule has 0 spiro atoms. The lowest BCUT2D eigenvalue weighted by Gasteiger charge is -2.12. The molecule has 0 radical (unpaired) electrons. The Bertz CT molecular complexity index is 944. The molecule has 9 heteroatoms. The Balaban J connectivity index is 1.83. The summed E-state index contributed by atoms with van der Waals surface area (Å²) in [6.45, 7) is -0.0833. The van der Waals surface area contributed by atoms with Crippen LogP contribution < -0.4 is 10.1 Å². The van der Waals surface area contributed by atoms with E-state index < -0.39 is 22.9 Å². The molecule has 0 saturated carbocycles. The van der Waals surface area contributed by atoms with E-state index in [0.29, 0.717) is 16.9 Å². The maximum atomic E-state index is 12.8. The number of amides is 2. The molecule has 0 atom stereocenters. The number of thioether (sulfide) groups is 1. The zero-order valence-corrected chi connectivity index (χ0v) is 15.9. The highest BCUT2D eigenvalue weighted by Crippen LogP contribution is 2.32. The van der Waals surface area contributed by atoms with E-state index in [9.17, 15) is 22.8 Å². The molecule has 0 aliphatic carbocycles. The largest absolute Gasteiger partial charge is 0.488 e. The molecule has 1 aliphatic heterocycles. The molecule has 1 saturated heterocycles. The van der Waals surface area contributed by atoms with Crippen LogP contribution in [-0.2, 0) is 17.6 Å². The Morgan fingerprint density at radius 2 is 1.93 bits per heavy atom. The first kappa shape index (κ1) is 19.5. The number of hydrogen-bond donors (Lipinski definition) is 1. The van der Waals surface area contributed by atoms with Gasteiger partial charge in [0.2, 0.25) is 0 Å². The lowest BCUT2D eigenvalue weighted by Crippen LogP contribution is -2.17. The number of alkyl halides is 3. The second-order valence-electron chi connectivity index (χ2n) is 5.52. The van der Waals surface area contributed by atoms with Gasteiger partial charge in [-0.1, -0.05) is 28.1 Å². The smallest absolute Gasteiger partial charge is 0.416 e. The van der Waals surface area contributed by atoms with E-state index in [1.165, 1.54) is 18.2 Å². The minimum absolute atomic E-state index is 0.0833. The summed E-state index contributed by atoms with van der Waals surface area (Å²) in [4.78, 5) is 23.2. The van der Waals surface area contributed by atoms with Crippen molar-refractivity contribution in [3.63, 3.8) is 0 Å². The van der Waals surface area contributed by atoms with E-state index in [2.05, 4.69) is 21.2 Å². The van der Waals surface area contributed by atoms with Crippen LogP contribution in [0.15, 0.2) is 51.8 Å². The van der Waals surface area contributed by atoms with E-state index >= 15 is 0 Å². The average Bonchev–Trinajstić information content (AvgIpc) is 2.91. The van der Waals surface area contributed by atoms with Crippen molar-refractivity contribution in [1.82, 2.24) is 5.32 Å². The zero-order valence-electron chi connectivity index (χ0n) is 13.5. The van der Waals surface area contributed by atoms with Crippen LogP contribution >= 0.6 is 27.7 Å². The van der Waals surface area contributed by atoms with Crippen molar-refractivity contribution in [2.45, 2.75) is 12.8 Å². The zero-order chi connectivity index (χ0) is 19.6. The predicted molar refractivity (Wildman–Crippen MR) is 99.0 cm³/mol. The first-order valence-corrected chi connectivity index (χ1v) is 9.17. The van der Waals surface area contributed by atoms with Gasteiger partial charge < -0.3 is 4.74 Å². The number of rotatable bonds is 4. The normalized spacial score (nSPS) is 15.9. The number of hydrogen-bond acceptors (Lipinski definition) is 4. The fourth-order valence-electron chi connectivity index (χ4n) is 2.32. The van der Waals surface area contributed by atoms with E-state index in [-0.39, 0.29) is 11.5 Å². The monoisotopic (exact) mass is 457 g/mol. The lowest BCUT2D eigenvalue weighted by atomic mass is 10.1. The van der Waals surface area contributed by atoms with Crippen molar-refractivity contribution in [1.29, 1.82) is 0 Å². The average molecular weight is 458 g/mol. The number of ether oxygens (including phenoxy) is 1. The third kappa shape index (κ3) is 4.92. The van der Waals surface area contributed by atoms with Gasteiger partial charge in [-0.25, -0.2) is 0 Å². The minimum atomic E-state index is -4.43. The summed E-state index contributed by atoms with van der Waals surface area (Å²) in [5.74, 6) is -0.135. The third-order valence-corrected chi connectivity index (χ3v) is 4.85. The number of halogens is 4. The summed E-state index contributed by atoms with van der Waals surface area (Å²) in [6.07, 6.45) is -2.93. The summed E-state index contributed by atoms with van der Waals surface area (Å²) in [6, 6.07) is 9.88. The first-order valence-electron chi connectivity index (χ1n) is 7.56. The molecule has 2 aromatic rings. The second kappa shape index (κ2) is 7.77. The van der Waals surface area contributed by atoms with Gasteiger partial charge in [0.05, 0.1) is 10.5 Å². The molecule has 1 fully saturated rings. The van der Waals surface area contributed by atoms with Gasteiger partial charge in [0.15, 0.2) is 0 Å². The number of benzene rings is 2. The van der Waals surface area contributed by atoms with Gasteiger partial charge in [-0.3, -0.25) is 14.9 Å². The predicted octanol–water partition coefficient (Wildman–Crippen LogP) is 5.37. The molecule has 2 aromatic carbocycles. The van der Waals surface area contributed by atoms with Crippen molar-refractivity contribution in [3.05, 3.63) is 68.5 Å². The molecule has 0 aromatic heterocycles. The maximum absolute atomic E-state index is 12.8. The topological polar surface area (TPSA) is 55.4 Å². The van der Waals surface area contributed by atoms with Gasteiger partial charge in [0, 0.05) is 10.0 Å². The van der Waals surface area contributed by atoms with Crippen LogP contribution in [0.3, 0.4) is 0 Å². The van der Waals surface area contributed by atoms with E-state index in [1.54, 1.807) is 18.2 Å². The Morgan fingerprint density at radius 1 is 1.15 bits per heavy atom. The molecule has 1 N–H and O–H groups in total. The van der Waals surface area contributed by atoms with Gasteiger partial charge in [0.25, 0.3) is 11.1 Å². The van der Waals surface area contributed by atoms with Crippen molar-refractivity contribution in [2.24, 2.45) is 0 Å². The Morgan fingerprint density at radius 3 is 2.59 bits per heavy atom. The van der Waals surface area contributed by atoms with Crippen LogP contribution in [0.2, 0.25) is 0 Å². The van der Waals surface area contributed by atoms with Crippen molar-refractivity contribution < 1.29 is 27.5 Å². The first-order chi connectivity index (χ1) is 12.7. The van der Waals surface area contributed by atoms with Crippen LogP contribution in [0, 0.1) is 0 Å². The summed E-state index contributed by atoms with van der Waals surface area (Å²) in [5, 5.41) is 1.69. The van der Waals surface area contributed by atoms with Gasteiger partial charge in [0.1, 0.15) is 12.4 Å². The van der Waals surface area contributed by atoms with Gasteiger partial charge in [-0.05, 0) is 53.7 Å². The SMILES string of the molecule is O=C1NC(=O)/C(=C/c2cc(Br)ccc2OCc2cccc(C(F)(F)F)c2)S1. The summed E-state index contributed by atoms with van der Waals surface area (Å²) >= 11 is 4.08. The molecule has 27 heavy (non-hydrogen) atoms. The van der Waals surface area contributed by atoms with Gasteiger partial charge in [-0.15, -0.1) is 0 Å². The molecule has 0 bridgehead atoms. The van der Waals surface area contributed by atoms with E-state index in [0.717, 1.165) is 28.4 Å². The Labute approximate surface area is 164 Å². The molecular formula is C18H11BrF3NO3S. The van der Waals surface area contributed by atoms with Gasteiger partial charge >= 0.3 is 6.18 Å². The lowest BCUT2D eigenvalue weighted by molar-refractivity contribution is -0.137. The molecule has 3 rings (SSSR count). The van der Waals surface area contributed by atoms with Gasteiger partial charge in [-0.2, -0.15) is 13.2 Å². The number of carbonyl (C=O) groups is 2. The Kier molecular flexibility index (Phi) is 5.61. The standard InChI is InChI=1S/C18H11BrF3NO3S/c19-13-4-5-14(11(7-13)8-15-16(24)23-17(25)27-15)26-9-10-2-1-3-12(6-10)18(20,21)22/h1-8H,9H2,(H,23,24,25)/b15-8-. The summed E-state index contributed by atoms with van der Waals surface area (Å²) < 4.78 is 44.8. The van der Waals surface area contributed by atoms with Crippen molar-refractivity contribution in [2.75, 3.05) is 0 Å². The molecule has 1 aliphatic rings. The fraction of sp³-hybridized carbons (Fsp3) is 0.111. The highest BCUT2D eigenvalue weighted by molar-refractivity contribution is 9.10. The fourth-order valence-corrected chi connectivity index (χ4v) is 3.38. The highest BCUT2D eigenvalue weighted by Gasteiger charge is 2.30. The second-order valence-corrected chi connectivity index (χ2v) is 7.45. The van der Waals surface area contributed by atoms with E-state index in [1.807, 2.05) is 0 Å². The van der Waals surface area contributed by atoms with Crippen LogP contribution in [0.4, 0.5) is 18.0 Å². The number of nitrogens with one attached hydrogen (secondary N) is 1. The quantitative estimate of drug-likeness (QED) is 0.626. The molecule has 4 nitrogen and oxygen atoms in total. The van der Waals surface area contributed by atoms with Crippen LogP contribution in [0.25, 0.3) is 6.08 Å². The molecule has 0 unspecified atom stereocenters. The molecular weight excluding hydrogens is 447 g/mol. The number of carbonyl (C=O) groups excluding carboxylic acids is 2. The van der Waals surface area contributed by atoms with Crippen LogP contribution in [-0.4, -0.2) is 11.1 Å². The molecule has 140 valence electrons. The van der Waals surface area contributed by atoms with Crippen molar-refractivity contribution >= 4 is 44.9 Å². The highest BCUT2D eigenvalue weighted by atomic mass is 79.9.